The Balaban J connectivity index is 2.32. The van der Waals surface area contributed by atoms with Crippen molar-refractivity contribution in [3.8, 4) is 10.6 Å². The Kier molecular flexibility index (Phi) is 2.98. The summed E-state index contributed by atoms with van der Waals surface area (Å²) in [5.74, 6) is 0.458. The van der Waals surface area contributed by atoms with Gasteiger partial charge in [-0.3, -0.25) is 4.79 Å². The third kappa shape index (κ3) is 2.16. The van der Waals surface area contributed by atoms with Gasteiger partial charge >= 0.3 is 0 Å². The van der Waals surface area contributed by atoms with E-state index in [0.717, 1.165) is 27.4 Å². The Labute approximate surface area is 96.6 Å². The van der Waals surface area contributed by atoms with Gasteiger partial charge in [0.05, 0.1) is 10.6 Å². The lowest BCUT2D eigenvalue weighted by Gasteiger charge is -1.96. The first-order chi connectivity index (χ1) is 7.20. The van der Waals surface area contributed by atoms with E-state index < -0.39 is 0 Å². The Morgan fingerprint density at radius 1 is 1.33 bits per heavy atom. The van der Waals surface area contributed by atoms with Gasteiger partial charge in [-0.1, -0.05) is 13.8 Å². The molecule has 0 saturated carbocycles. The van der Waals surface area contributed by atoms with Gasteiger partial charge in [-0.25, -0.2) is 4.98 Å². The van der Waals surface area contributed by atoms with Crippen LogP contribution in [0.15, 0.2) is 16.8 Å². The Morgan fingerprint density at radius 3 is 2.67 bits per heavy atom. The molecule has 0 saturated heterocycles. The lowest BCUT2D eigenvalue weighted by atomic mass is 10.2. The summed E-state index contributed by atoms with van der Waals surface area (Å²) >= 11 is 3.10. The van der Waals surface area contributed by atoms with Gasteiger partial charge in [0.15, 0.2) is 6.29 Å². The summed E-state index contributed by atoms with van der Waals surface area (Å²) in [7, 11) is 0. The van der Waals surface area contributed by atoms with Crippen LogP contribution < -0.4 is 0 Å². The van der Waals surface area contributed by atoms with Gasteiger partial charge in [-0.05, 0) is 12.0 Å². The van der Waals surface area contributed by atoms with Gasteiger partial charge in [0.1, 0.15) is 5.01 Å². The van der Waals surface area contributed by atoms with Crippen LogP contribution in [0, 0.1) is 0 Å². The highest BCUT2D eigenvalue weighted by Crippen LogP contribution is 2.29. The zero-order valence-electron chi connectivity index (χ0n) is 8.56. The van der Waals surface area contributed by atoms with Crippen molar-refractivity contribution in [3.05, 3.63) is 27.4 Å². The molecule has 2 nitrogen and oxygen atoms in total. The van der Waals surface area contributed by atoms with Crippen LogP contribution in [0.2, 0.25) is 0 Å². The first kappa shape index (κ1) is 10.5. The first-order valence-electron chi connectivity index (χ1n) is 4.70. The first-order valence-corrected chi connectivity index (χ1v) is 6.46. The molecule has 15 heavy (non-hydrogen) atoms. The normalized spacial score (nSPS) is 10.9. The number of rotatable bonds is 3. The molecule has 0 fully saturated rings. The second-order valence-electron chi connectivity index (χ2n) is 3.59. The molecule has 0 aliphatic rings. The van der Waals surface area contributed by atoms with Crippen molar-refractivity contribution in [1.82, 2.24) is 4.98 Å². The maximum Gasteiger partial charge on any atom is 0.160 e. The molecule has 0 spiro atoms. The van der Waals surface area contributed by atoms with Crippen LogP contribution in [-0.4, -0.2) is 11.3 Å². The fourth-order valence-electron chi connectivity index (χ4n) is 1.21. The van der Waals surface area contributed by atoms with Gasteiger partial charge in [0.25, 0.3) is 0 Å². The molecule has 2 rings (SSSR count). The van der Waals surface area contributed by atoms with E-state index in [9.17, 15) is 4.79 Å². The van der Waals surface area contributed by atoms with E-state index in [2.05, 4.69) is 24.2 Å². The molecule has 2 heterocycles. The molecule has 0 unspecified atom stereocenters. The molecular weight excluding hydrogens is 226 g/mol. The van der Waals surface area contributed by atoms with Crippen LogP contribution in [0.3, 0.4) is 0 Å². The lowest BCUT2D eigenvalue weighted by Crippen LogP contribution is -1.86. The highest BCUT2D eigenvalue weighted by atomic mass is 32.1. The van der Waals surface area contributed by atoms with E-state index in [-0.39, 0.29) is 0 Å². The fourth-order valence-corrected chi connectivity index (χ4v) is 2.95. The van der Waals surface area contributed by atoms with Gasteiger partial charge in [-0.2, -0.15) is 0 Å². The monoisotopic (exact) mass is 237 g/mol. The number of aldehydes is 1. The van der Waals surface area contributed by atoms with E-state index in [1.807, 2.05) is 11.4 Å². The van der Waals surface area contributed by atoms with Crippen LogP contribution in [0.5, 0.6) is 0 Å². The zero-order chi connectivity index (χ0) is 10.8. The van der Waals surface area contributed by atoms with Crippen molar-refractivity contribution in [2.45, 2.75) is 19.8 Å². The van der Waals surface area contributed by atoms with Crippen molar-refractivity contribution in [2.75, 3.05) is 0 Å². The number of thiazole rings is 1. The quantitative estimate of drug-likeness (QED) is 0.760. The van der Waals surface area contributed by atoms with Crippen LogP contribution in [0.4, 0.5) is 0 Å². The number of hydrogen-bond donors (Lipinski definition) is 0. The number of carbonyl (C=O) groups excluding carboxylic acids is 1. The van der Waals surface area contributed by atoms with E-state index >= 15 is 0 Å². The standard InChI is InChI=1S/C11H11NOS2/c1-7(2)10-6-15-11(12-10)8-3-9(4-13)14-5-8/h3-7H,1-2H3. The Bertz CT molecular complexity index is 470. The van der Waals surface area contributed by atoms with Crippen LogP contribution >= 0.6 is 22.7 Å². The molecule has 4 heteroatoms. The van der Waals surface area contributed by atoms with E-state index in [1.165, 1.54) is 11.3 Å². The summed E-state index contributed by atoms with van der Waals surface area (Å²) in [6, 6.07) is 1.89. The number of hydrogen-bond acceptors (Lipinski definition) is 4. The largest absolute Gasteiger partial charge is 0.297 e. The van der Waals surface area contributed by atoms with Gasteiger partial charge in [-0.15, -0.1) is 22.7 Å². The average Bonchev–Trinajstić information content (AvgIpc) is 2.86. The molecule has 0 radical (unpaired) electrons. The van der Waals surface area contributed by atoms with Crippen LogP contribution in [0.25, 0.3) is 10.6 Å². The number of nitrogens with zero attached hydrogens (tertiary/aromatic N) is 1. The minimum absolute atomic E-state index is 0.458. The van der Waals surface area contributed by atoms with Gasteiger partial charge < -0.3 is 0 Å². The summed E-state index contributed by atoms with van der Waals surface area (Å²) in [4.78, 5) is 15.9. The Morgan fingerprint density at radius 2 is 2.13 bits per heavy atom. The summed E-state index contributed by atoms with van der Waals surface area (Å²) in [5.41, 5.74) is 2.17. The van der Waals surface area contributed by atoms with Crippen molar-refractivity contribution >= 4 is 29.0 Å². The van der Waals surface area contributed by atoms with Crippen LogP contribution in [0.1, 0.15) is 35.1 Å². The number of thiophene rings is 1. The molecule has 0 atom stereocenters. The lowest BCUT2D eigenvalue weighted by molar-refractivity contribution is 0.112. The summed E-state index contributed by atoms with van der Waals surface area (Å²) < 4.78 is 0. The molecule has 2 aromatic rings. The van der Waals surface area contributed by atoms with E-state index in [1.54, 1.807) is 11.3 Å². The van der Waals surface area contributed by atoms with Gasteiger partial charge in [0.2, 0.25) is 0 Å². The second kappa shape index (κ2) is 4.24. The molecular formula is C11H11NOS2. The molecule has 0 aliphatic heterocycles. The van der Waals surface area contributed by atoms with Crippen molar-refractivity contribution in [1.29, 1.82) is 0 Å². The van der Waals surface area contributed by atoms with E-state index in [4.69, 9.17) is 0 Å². The SMILES string of the molecule is CC(C)c1csc(-c2csc(C=O)c2)n1. The number of aromatic nitrogens is 1. The van der Waals surface area contributed by atoms with Crippen molar-refractivity contribution < 1.29 is 4.79 Å². The van der Waals surface area contributed by atoms with E-state index in [0.29, 0.717) is 5.92 Å². The smallest absolute Gasteiger partial charge is 0.160 e. The zero-order valence-corrected chi connectivity index (χ0v) is 10.2. The van der Waals surface area contributed by atoms with Crippen molar-refractivity contribution in [2.24, 2.45) is 0 Å². The second-order valence-corrected chi connectivity index (χ2v) is 5.39. The summed E-state index contributed by atoms with van der Waals surface area (Å²) in [5, 5.41) is 5.06. The highest BCUT2D eigenvalue weighted by Gasteiger charge is 2.08. The molecule has 78 valence electrons. The molecule has 0 aliphatic carbocycles. The molecule has 0 N–H and O–H groups in total. The molecule has 0 bridgehead atoms. The highest BCUT2D eigenvalue weighted by molar-refractivity contribution is 7.15. The molecule has 0 amide bonds. The Hall–Kier alpha value is -1.00. The van der Waals surface area contributed by atoms with Crippen molar-refractivity contribution in [3.63, 3.8) is 0 Å². The fraction of sp³-hybridized carbons (Fsp3) is 0.273. The molecule has 2 aromatic heterocycles. The minimum Gasteiger partial charge on any atom is -0.297 e. The third-order valence-electron chi connectivity index (χ3n) is 2.10. The molecule has 0 aromatic carbocycles. The maximum atomic E-state index is 10.6. The van der Waals surface area contributed by atoms with Gasteiger partial charge in [0, 0.05) is 16.3 Å². The predicted octanol–water partition coefficient (Wildman–Crippen LogP) is 3.81. The predicted molar refractivity (Wildman–Crippen MR) is 64.9 cm³/mol. The summed E-state index contributed by atoms with van der Waals surface area (Å²) in [6.07, 6.45) is 0.880. The minimum atomic E-state index is 0.458. The average molecular weight is 237 g/mol. The topological polar surface area (TPSA) is 30.0 Å². The number of carbonyl (C=O) groups is 1. The van der Waals surface area contributed by atoms with Crippen LogP contribution in [-0.2, 0) is 0 Å². The maximum absolute atomic E-state index is 10.6. The summed E-state index contributed by atoms with van der Waals surface area (Å²) in [6.45, 7) is 4.26. The third-order valence-corrected chi connectivity index (χ3v) is 3.86.